The first-order valence-corrected chi connectivity index (χ1v) is 10.2. The molecule has 6 heteroatoms. The Morgan fingerprint density at radius 1 is 1.40 bits per heavy atom. The van der Waals surface area contributed by atoms with Gasteiger partial charge in [0.2, 0.25) is 0 Å². The molecule has 0 fully saturated rings. The highest BCUT2D eigenvalue weighted by Crippen LogP contribution is 2.36. The van der Waals surface area contributed by atoms with Gasteiger partial charge in [-0.05, 0) is 42.4 Å². The predicted octanol–water partition coefficient (Wildman–Crippen LogP) is 4.55. The van der Waals surface area contributed by atoms with Crippen molar-refractivity contribution < 1.29 is 4.39 Å². The molecular formula is C19H19FN2OS2. The molecule has 0 spiro atoms. The van der Waals surface area contributed by atoms with Crippen LogP contribution in [0.5, 0.6) is 0 Å². The number of nitrogens with zero attached hydrogens (tertiary/aromatic N) is 2. The second-order valence-electron chi connectivity index (χ2n) is 6.67. The number of rotatable bonds is 3. The molecule has 1 aliphatic carbocycles. The van der Waals surface area contributed by atoms with Crippen molar-refractivity contribution in [1.82, 2.24) is 9.55 Å². The molecular weight excluding hydrogens is 355 g/mol. The minimum atomic E-state index is -0.221. The lowest BCUT2D eigenvalue weighted by molar-refractivity contribution is 0.509. The molecule has 0 bridgehead atoms. The standard InChI is InChI=1S/C19H19FN2OS2/c1-11-7-8-13-15(9-11)25-17-16(13)18(23)22(2)19(21-17)24-10-12-5-3-4-6-14(12)20/h3-6,11H,7-10H2,1-2H3. The molecule has 25 heavy (non-hydrogen) atoms. The van der Waals surface area contributed by atoms with E-state index in [0.717, 1.165) is 29.5 Å². The van der Waals surface area contributed by atoms with Gasteiger partial charge in [0, 0.05) is 17.7 Å². The van der Waals surface area contributed by atoms with Gasteiger partial charge in [0.1, 0.15) is 10.6 Å². The first-order chi connectivity index (χ1) is 12.0. The van der Waals surface area contributed by atoms with Crippen LogP contribution in [0.3, 0.4) is 0 Å². The maximum Gasteiger partial charge on any atom is 0.262 e. The van der Waals surface area contributed by atoms with Gasteiger partial charge in [0.25, 0.3) is 5.56 Å². The fourth-order valence-electron chi connectivity index (χ4n) is 3.34. The minimum Gasteiger partial charge on any atom is -0.290 e. The van der Waals surface area contributed by atoms with Crippen molar-refractivity contribution in [3.63, 3.8) is 0 Å². The van der Waals surface area contributed by atoms with Crippen molar-refractivity contribution in [1.29, 1.82) is 0 Å². The predicted molar refractivity (Wildman–Crippen MR) is 102 cm³/mol. The van der Waals surface area contributed by atoms with Gasteiger partial charge >= 0.3 is 0 Å². The van der Waals surface area contributed by atoms with Crippen LogP contribution < -0.4 is 5.56 Å². The highest BCUT2D eigenvalue weighted by Gasteiger charge is 2.24. The molecule has 0 saturated carbocycles. The van der Waals surface area contributed by atoms with Crippen LogP contribution in [0, 0.1) is 11.7 Å². The molecule has 0 amide bonds. The summed E-state index contributed by atoms with van der Waals surface area (Å²) < 4.78 is 15.4. The van der Waals surface area contributed by atoms with E-state index in [9.17, 15) is 9.18 Å². The number of benzene rings is 1. The number of thiophene rings is 1. The second-order valence-corrected chi connectivity index (χ2v) is 8.70. The number of hydrogen-bond acceptors (Lipinski definition) is 4. The Morgan fingerprint density at radius 3 is 3.00 bits per heavy atom. The Morgan fingerprint density at radius 2 is 2.20 bits per heavy atom. The van der Waals surface area contributed by atoms with Gasteiger partial charge in [-0.1, -0.05) is 36.9 Å². The lowest BCUT2D eigenvalue weighted by Crippen LogP contribution is -2.21. The Balaban J connectivity index is 1.72. The Hall–Kier alpha value is -1.66. The molecule has 1 aliphatic rings. The highest BCUT2D eigenvalue weighted by atomic mass is 32.2. The number of thioether (sulfide) groups is 1. The lowest BCUT2D eigenvalue weighted by atomic mass is 9.89. The van der Waals surface area contributed by atoms with E-state index in [1.807, 2.05) is 6.07 Å². The molecule has 1 unspecified atom stereocenters. The topological polar surface area (TPSA) is 34.9 Å². The molecule has 130 valence electrons. The van der Waals surface area contributed by atoms with Gasteiger partial charge in [0.15, 0.2) is 5.16 Å². The molecule has 3 aromatic rings. The van der Waals surface area contributed by atoms with Crippen LogP contribution in [-0.4, -0.2) is 9.55 Å². The average molecular weight is 375 g/mol. The number of aromatic nitrogens is 2. The van der Waals surface area contributed by atoms with Crippen LogP contribution in [0.1, 0.15) is 29.3 Å². The summed E-state index contributed by atoms with van der Waals surface area (Å²) in [6.45, 7) is 2.26. The van der Waals surface area contributed by atoms with Crippen molar-refractivity contribution in [3.05, 3.63) is 56.4 Å². The average Bonchev–Trinajstić information content (AvgIpc) is 2.95. The van der Waals surface area contributed by atoms with Crippen LogP contribution in [0.2, 0.25) is 0 Å². The third-order valence-corrected chi connectivity index (χ3v) is 7.04. The summed E-state index contributed by atoms with van der Waals surface area (Å²) in [5.41, 5.74) is 1.85. The van der Waals surface area contributed by atoms with Crippen LogP contribution in [0.15, 0.2) is 34.2 Å². The smallest absolute Gasteiger partial charge is 0.262 e. The van der Waals surface area contributed by atoms with Crippen LogP contribution in [0.25, 0.3) is 10.2 Å². The minimum absolute atomic E-state index is 0.0214. The summed E-state index contributed by atoms with van der Waals surface area (Å²) in [6, 6.07) is 6.73. The molecule has 1 atom stereocenters. The van der Waals surface area contributed by atoms with Crippen LogP contribution >= 0.6 is 23.1 Å². The zero-order valence-corrected chi connectivity index (χ0v) is 15.8. The zero-order valence-electron chi connectivity index (χ0n) is 14.2. The molecule has 0 saturated heterocycles. The Bertz CT molecular complexity index is 1010. The van der Waals surface area contributed by atoms with Crippen molar-refractivity contribution in [3.8, 4) is 0 Å². The van der Waals surface area contributed by atoms with Crippen molar-refractivity contribution in [2.24, 2.45) is 13.0 Å². The number of hydrogen-bond donors (Lipinski definition) is 0. The van der Waals surface area contributed by atoms with Crippen molar-refractivity contribution in [2.75, 3.05) is 0 Å². The summed E-state index contributed by atoms with van der Waals surface area (Å²) >= 11 is 3.06. The van der Waals surface area contributed by atoms with E-state index in [-0.39, 0.29) is 11.4 Å². The van der Waals surface area contributed by atoms with E-state index < -0.39 is 0 Å². The third kappa shape index (κ3) is 3.02. The molecule has 1 aromatic carbocycles. The van der Waals surface area contributed by atoms with Gasteiger partial charge in [-0.15, -0.1) is 11.3 Å². The van der Waals surface area contributed by atoms with Crippen LogP contribution in [-0.2, 0) is 25.6 Å². The lowest BCUT2D eigenvalue weighted by Gasteiger charge is -2.17. The van der Waals surface area contributed by atoms with Crippen molar-refractivity contribution in [2.45, 2.75) is 37.1 Å². The SMILES string of the molecule is CC1CCc2c(sc3nc(SCc4ccccc4F)n(C)c(=O)c23)C1. The molecule has 0 N–H and O–H groups in total. The summed E-state index contributed by atoms with van der Waals surface area (Å²) in [7, 11) is 1.76. The second kappa shape index (κ2) is 6.57. The zero-order chi connectivity index (χ0) is 17.6. The van der Waals surface area contributed by atoms with Gasteiger partial charge in [0.05, 0.1) is 5.39 Å². The largest absolute Gasteiger partial charge is 0.290 e. The number of fused-ring (bicyclic) bond motifs is 3. The highest BCUT2D eigenvalue weighted by molar-refractivity contribution is 7.98. The maximum atomic E-state index is 13.8. The first-order valence-electron chi connectivity index (χ1n) is 8.42. The summed E-state index contributed by atoms with van der Waals surface area (Å²) in [5.74, 6) is 0.904. The third-order valence-electron chi connectivity index (χ3n) is 4.81. The van der Waals surface area contributed by atoms with E-state index in [0.29, 0.717) is 22.4 Å². The van der Waals surface area contributed by atoms with Gasteiger partial charge in [-0.3, -0.25) is 9.36 Å². The molecule has 2 aromatic heterocycles. The summed E-state index contributed by atoms with van der Waals surface area (Å²) in [5, 5.41) is 1.44. The Labute approximate surface area is 153 Å². The maximum absolute atomic E-state index is 13.8. The molecule has 2 heterocycles. The summed E-state index contributed by atoms with van der Waals surface area (Å²) in [6.07, 6.45) is 3.14. The van der Waals surface area contributed by atoms with E-state index in [2.05, 4.69) is 6.92 Å². The number of aryl methyl sites for hydroxylation is 1. The normalized spacial score (nSPS) is 17.0. The van der Waals surface area contributed by atoms with Crippen molar-refractivity contribution >= 4 is 33.3 Å². The fraction of sp³-hybridized carbons (Fsp3) is 0.368. The molecule has 0 aliphatic heterocycles. The molecule has 3 nitrogen and oxygen atoms in total. The van der Waals surface area contributed by atoms with E-state index in [1.54, 1.807) is 35.1 Å². The summed E-state index contributed by atoms with van der Waals surface area (Å²) in [4.78, 5) is 19.8. The molecule has 0 radical (unpaired) electrons. The van der Waals surface area contributed by atoms with Gasteiger partial charge < -0.3 is 0 Å². The van der Waals surface area contributed by atoms with Gasteiger partial charge in [-0.2, -0.15) is 0 Å². The van der Waals surface area contributed by atoms with E-state index >= 15 is 0 Å². The first kappa shape index (κ1) is 16.8. The fourth-order valence-corrected chi connectivity index (χ4v) is 5.72. The quantitative estimate of drug-likeness (QED) is 0.498. The molecule has 4 rings (SSSR count). The Kier molecular flexibility index (Phi) is 4.41. The van der Waals surface area contributed by atoms with Crippen LogP contribution in [0.4, 0.5) is 4.39 Å². The van der Waals surface area contributed by atoms with E-state index in [1.165, 1.54) is 28.3 Å². The van der Waals surface area contributed by atoms with Gasteiger partial charge in [-0.25, -0.2) is 9.37 Å². The van der Waals surface area contributed by atoms with E-state index in [4.69, 9.17) is 4.98 Å². The monoisotopic (exact) mass is 374 g/mol. The number of halogens is 1.